The van der Waals surface area contributed by atoms with Crippen molar-refractivity contribution >= 4 is 33.2 Å². The molecule has 0 aromatic carbocycles. The number of pyridine rings is 1. The van der Waals surface area contributed by atoms with Crippen molar-refractivity contribution < 1.29 is 31.1 Å². The monoisotopic (exact) mass is 591 g/mol. The van der Waals surface area contributed by atoms with E-state index in [-0.39, 0.29) is 47.1 Å². The summed E-state index contributed by atoms with van der Waals surface area (Å²) >= 11 is 6.64. The Morgan fingerprint density at radius 1 is 1.26 bits per heavy atom. The van der Waals surface area contributed by atoms with E-state index >= 15 is 0 Å². The van der Waals surface area contributed by atoms with Gasteiger partial charge in [0.15, 0.2) is 5.69 Å². The molecule has 2 fully saturated rings. The number of methoxy groups -OCH3 is 1. The Balaban J connectivity index is 1.47. The van der Waals surface area contributed by atoms with Crippen molar-refractivity contribution in [3.63, 3.8) is 0 Å². The Morgan fingerprint density at radius 2 is 1.92 bits per heavy atom. The van der Waals surface area contributed by atoms with Crippen LogP contribution >= 0.6 is 11.6 Å². The number of anilines is 1. The molecule has 9 nitrogen and oxygen atoms in total. The highest BCUT2D eigenvalue weighted by Gasteiger charge is 2.62. The molecule has 2 aliphatic carbocycles. The maximum Gasteiger partial charge on any atom is 0.396 e. The molecule has 14 heteroatoms. The van der Waals surface area contributed by atoms with E-state index in [0.29, 0.717) is 55.8 Å². The highest BCUT2D eigenvalue weighted by atomic mass is 35.5. The summed E-state index contributed by atoms with van der Waals surface area (Å²) in [7, 11) is -1.64. The number of hydrogen-bond donors (Lipinski definition) is 2. The first-order valence-electron chi connectivity index (χ1n) is 12.9. The van der Waals surface area contributed by atoms with Gasteiger partial charge >= 0.3 is 6.18 Å². The lowest BCUT2D eigenvalue weighted by atomic mass is 9.89. The Bertz CT molecular complexity index is 1320. The second kappa shape index (κ2) is 11.1. The molecule has 0 atom stereocenters. The van der Waals surface area contributed by atoms with E-state index in [1.807, 2.05) is 6.92 Å². The minimum absolute atomic E-state index is 0.0310. The van der Waals surface area contributed by atoms with Crippen LogP contribution in [0.2, 0.25) is 5.02 Å². The molecule has 0 bridgehead atoms. The first-order valence-corrected chi connectivity index (χ1v) is 15.2. The van der Waals surface area contributed by atoms with E-state index in [2.05, 4.69) is 20.7 Å². The summed E-state index contributed by atoms with van der Waals surface area (Å²) in [5.74, 6) is 0.254. The molecule has 2 heterocycles. The van der Waals surface area contributed by atoms with Crippen LogP contribution in [-0.2, 0) is 16.4 Å². The highest BCUT2D eigenvalue weighted by molar-refractivity contribution is 7.91. The molecule has 4 rings (SSSR count). The van der Waals surface area contributed by atoms with Crippen LogP contribution < -0.4 is 15.4 Å². The predicted molar refractivity (Wildman–Crippen MR) is 142 cm³/mol. The van der Waals surface area contributed by atoms with Crippen LogP contribution in [0.5, 0.6) is 5.75 Å². The van der Waals surface area contributed by atoms with Crippen molar-refractivity contribution in [1.29, 1.82) is 0 Å². The Hall–Kier alpha value is -2.54. The second-order valence-corrected chi connectivity index (χ2v) is 13.1. The van der Waals surface area contributed by atoms with Crippen molar-refractivity contribution in [3.05, 3.63) is 23.0 Å². The lowest BCUT2D eigenvalue weighted by molar-refractivity contribution is -0.182. The van der Waals surface area contributed by atoms with Crippen LogP contribution in [0.4, 0.5) is 19.0 Å². The number of ether oxygens (including phenoxy) is 1. The number of rotatable bonds is 10. The SMILES string of the molecule is CCn1nc(C(=O)NC[C@H]2CC[C@H](S(C)(=O)=O)CC2)c(Cl)c1-c1cnc(NCC2(C(F)(F)F)CC2)cc1OC. The molecule has 0 saturated heterocycles. The van der Waals surface area contributed by atoms with Gasteiger partial charge in [0, 0.05) is 38.2 Å². The third-order valence-corrected chi connectivity index (χ3v) is 9.80. The summed E-state index contributed by atoms with van der Waals surface area (Å²) in [5.41, 5.74) is -0.844. The molecule has 2 aromatic rings. The molecule has 2 saturated carbocycles. The van der Waals surface area contributed by atoms with E-state index in [1.54, 1.807) is 4.68 Å². The Kier molecular flexibility index (Phi) is 8.42. The predicted octanol–water partition coefficient (Wildman–Crippen LogP) is 4.71. The highest BCUT2D eigenvalue weighted by Crippen LogP contribution is 2.57. The lowest BCUT2D eigenvalue weighted by Crippen LogP contribution is -2.34. The van der Waals surface area contributed by atoms with Gasteiger partial charge in [0.2, 0.25) is 0 Å². The number of carbonyl (C=O) groups excluding carboxylic acids is 1. The minimum Gasteiger partial charge on any atom is -0.496 e. The molecular weight excluding hydrogens is 559 g/mol. The molecule has 2 N–H and O–H groups in total. The fraction of sp³-hybridized carbons (Fsp3) is 0.640. The molecule has 39 heavy (non-hydrogen) atoms. The number of amides is 1. The van der Waals surface area contributed by atoms with Gasteiger partial charge in [-0.25, -0.2) is 13.4 Å². The van der Waals surface area contributed by atoms with Gasteiger partial charge in [0.25, 0.3) is 5.91 Å². The summed E-state index contributed by atoms with van der Waals surface area (Å²) in [6, 6.07) is 1.50. The smallest absolute Gasteiger partial charge is 0.396 e. The normalized spacial score (nSPS) is 20.9. The standard InChI is InChI=1S/C25H33ClF3N5O4S/c1-4-34-22(17-13-30-19(11-18(17)38-2)32-14-24(9-10-24)25(27,28)29)20(26)21(33-34)23(35)31-12-15-5-7-16(8-6-15)39(3,36)37/h11,13,15-16H,4-10,12,14H2,1-3H3,(H,30,32)(H,31,35)/t15-,16-. The average Bonchev–Trinajstić information content (AvgIpc) is 3.63. The van der Waals surface area contributed by atoms with Gasteiger partial charge in [-0.2, -0.15) is 18.3 Å². The summed E-state index contributed by atoms with van der Waals surface area (Å²) in [6.07, 6.45) is 1.13. The van der Waals surface area contributed by atoms with E-state index in [0.717, 1.165) is 0 Å². The number of nitrogens with zero attached hydrogens (tertiary/aromatic N) is 3. The Labute approximate surface area is 230 Å². The maximum absolute atomic E-state index is 13.3. The molecule has 0 radical (unpaired) electrons. The number of alkyl halides is 3. The van der Waals surface area contributed by atoms with E-state index in [9.17, 15) is 26.4 Å². The minimum atomic E-state index is -4.28. The fourth-order valence-electron chi connectivity index (χ4n) is 5.01. The van der Waals surface area contributed by atoms with Gasteiger partial charge in [-0.1, -0.05) is 11.6 Å². The van der Waals surface area contributed by atoms with Crippen LogP contribution in [0.1, 0.15) is 55.9 Å². The molecule has 1 amide bonds. The zero-order chi connectivity index (χ0) is 28.6. The average molecular weight is 592 g/mol. The molecule has 2 aromatic heterocycles. The van der Waals surface area contributed by atoms with Crippen molar-refractivity contribution in [3.8, 4) is 17.0 Å². The topological polar surface area (TPSA) is 115 Å². The largest absolute Gasteiger partial charge is 0.496 e. The molecular formula is C25H33ClF3N5O4S. The fourth-order valence-corrected chi connectivity index (χ4v) is 6.46. The molecule has 2 aliphatic rings. The first-order chi connectivity index (χ1) is 18.3. The Morgan fingerprint density at radius 3 is 2.46 bits per heavy atom. The van der Waals surface area contributed by atoms with Crippen LogP contribution in [-0.4, -0.2) is 67.0 Å². The van der Waals surface area contributed by atoms with Gasteiger partial charge < -0.3 is 15.4 Å². The number of nitrogens with one attached hydrogen (secondary N) is 2. The van der Waals surface area contributed by atoms with Crippen LogP contribution in [0.3, 0.4) is 0 Å². The van der Waals surface area contributed by atoms with E-state index < -0.39 is 27.3 Å². The number of hydrogen-bond acceptors (Lipinski definition) is 7. The van der Waals surface area contributed by atoms with Crippen LogP contribution in [0.25, 0.3) is 11.3 Å². The number of aryl methyl sites for hydroxylation is 1. The number of halogens is 4. The van der Waals surface area contributed by atoms with Gasteiger partial charge in [0.1, 0.15) is 21.4 Å². The molecule has 216 valence electrons. The quantitative estimate of drug-likeness (QED) is 0.411. The lowest BCUT2D eigenvalue weighted by Gasteiger charge is -2.27. The molecule has 0 aliphatic heterocycles. The van der Waals surface area contributed by atoms with Crippen molar-refractivity contribution in [2.75, 3.05) is 31.8 Å². The summed E-state index contributed by atoms with van der Waals surface area (Å²) in [6.45, 7) is 2.32. The first kappa shape index (κ1) is 29.4. The van der Waals surface area contributed by atoms with Gasteiger partial charge in [-0.3, -0.25) is 9.48 Å². The van der Waals surface area contributed by atoms with E-state index in [4.69, 9.17) is 16.3 Å². The van der Waals surface area contributed by atoms with Crippen molar-refractivity contribution in [2.45, 2.75) is 63.4 Å². The number of aromatic nitrogens is 3. The summed E-state index contributed by atoms with van der Waals surface area (Å²) < 4.78 is 70.4. The third kappa shape index (κ3) is 6.29. The zero-order valence-electron chi connectivity index (χ0n) is 22.1. The van der Waals surface area contributed by atoms with Crippen molar-refractivity contribution in [1.82, 2.24) is 20.1 Å². The number of sulfone groups is 1. The van der Waals surface area contributed by atoms with Gasteiger partial charge in [-0.15, -0.1) is 0 Å². The zero-order valence-corrected chi connectivity index (χ0v) is 23.6. The second-order valence-electron chi connectivity index (χ2n) is 10.4. The molecule has 0 spiro atoms. The van der Waals surface area contributed by atoms with Gasteiger partial charge in [0.05, 0.1) is 34.1 Å². The van der Waals surface area contributed by atoms with Gasteiger partial charge in [-0.05, 0) is 51.4 Å². The number of carbonyl (C=O) groups is 1. The summed E-state index contributed by atoms with van der Waals surface area (Å²) in [4.78, 5) is 17.3. The van der Waals surface area contributed by atoms with Crippen LogP contribution in [0, 0.1) is 11.3 Å². The maximum atomic E-state index is 13.3. The van der Waals surface area contributed by atoms with Crippen molar-refractivity contribution in [2.24, 2.45) is 11.3 Å². The molecule has 0 unspecified atom stereocenters. The van der Waals surface area contributed by atoms with E-state index in [1.165, 1.54) is 25.6 Å². The third-order valence-electron chi connectivity index (χ3n) is 7.76. The summed E-state index contributed by atoms with van der Waals surface area (Å²) in [5, 5.41) is 9.80. The van der Waals surface area contributed by atoms with Crippen LogP contribution in [0.15, 0.2) is 12.3 Å².